The second-order valence-corrected chi connectivity index (χ2v) is 4.87. The molecule has 2 aromatic carbocycles. The molecule has 1 N–H and O–H groups in total. The van der Waals surface area contributed by atoms with Crippen molar-refractivity contribution < 1.29 is 9.15 Å². The zero-order valence-corrected chi connectivity index (χ0v) is 12.0. The van der Waals surface area contributed by atoms with E-state index >= 15 is 0 Å². The van der Waals surface area contributed by atoms with Crippen molar-refractivity contribution in [3.05, 3.63) is 77.7 Å². The second-order valence-electron chi connectivity index (χ2n) is 4.50. The van der Waals surface area contributed by atoms with Crippen molar-refractivity contribution in [2.75, 3.05) is 5.32 Å². The third-order valence-electron chi connectivity index (χ3n) is 2.91. The highest BCUT2D eigenvalue weighted by atomic mass is 35.5. The number of hydrogen-bond donors (Lipinski definition) is 1. The quantitative estimate of drug-likeness (QED) is 0.690. The summed E-state index contributed by atoms with van der Waals surface area (Å²) in [5, 5.41) is 3.66. The predicted octanol–water partition coefficient (Wildman–Crippen LogP) is 5.34. The summed E-state index contributed by atoms with van der Waals surface area (Å²) in [6, 6.07) is 21.0. The number of rotatable bonds is 5. The fraction of sp³-hybridized carbons (Fsp3) is 0.0588. The topological polar surface area (TPSA) is 34.4 Å². The van der Waals surface area contributed by atoms with Gasteiger partial charge in [0.1, 0.15) is 17.3 Å². The Balaban J connectivity index is 1.65. The SMILES string of the molecule is Clc1ccc(CNc2cccc(Oc3ccccc3)c2)o1. The maximum absolute atomic E-state index is 5.79. The molecule has 0 unspecified atom stereocenters. The van der Waals surface area contributed by atoms with E-state index < -0.39 is 0 Å². The van der Waals surface area contributed by atoms with Crippen molar-refractivity contribution >= 4 is 17.3 Å². The van der Waals surface area contributed by atoms with Gasteiger partial charge in [-0.3, -0.25) is 0 Å². The zero-order valence-electron chi connectivity index (χ0n) is 11.3. The van der Waals surface area contributed by atoms with E-state index in [1.54, 1.807) is 6.07 Å². The molecule has 0 bridgehead atoms. The molecule has 1 aromatic heterocycles. The number of ether oxygens (including phenoxy) is 1. The van der Waals surface area contributed by atoms with Gasteiger partial charge in [-0.1, -0.05) is 24.3 Å². The molecule has 0 fully saturated rings. The Hall–Kier alpha value is -2.39. The van der Waals surface area contributed by atoms with Crippen molar-refractivity contribution in [2.24, 2.45) is 0 Å². The number of halogens is 1. The molecule has 21 heavy (non-hydrogen) atoms. The largest absolute Gasteiger partial charge is 0.457 e. The van der Waals surface area contributed by atoms with Crippen LogP contribution in [0.2, 0.25) is 5.22 Å². The molecule has 0 aliphatic rings. The molecule has 1 heterocycles. The molecular weight excluding hydrogens is 286 g/mol. The Morgan fingerprint density at radius 2 is 1.71 bits per heavy atom. The van der Waals surface area contributed by atoms with Gasteiger partial charge in [0.2, 0.25) is 0 Å². The van der Waals surface area contributed by atoms with Crippen molar-refractivity contribution in [3.8, 4) is 11.5 Å². The maximum Gasteiger partial charge on any atom is 0.193 e. The summed E-state index contributed by atoms with van der Waals surface area (Å²) in [7, 11) is 0. The number of benzene rings is 2. The van der Waals surface area contributed by atoms with Crippen LogP contribution in [0, 0.1) is 0 Å². The molecule has 0 aliphatic carbocycles. The lowest BCUT2D eigenvalue weighted by atomic mass is 10.3. The Morgan fingerprint density at radius 1 is 0.905 bits per heavy atom. The summed E-state index contributed by atoms with van der Waals surface area (Å²) in [4.78, 5) is 0. The molecule has 0 saturated heterocycles. The summed E-state index contributed by atoms with van der Waals surface area (Å²) in [5.41, 5.74) is 0.955. The molecule has 0 spiro atoms. The molecule has 0 radical (unpaired) electrons. The summed E-state index contributed by atoms with van der Waals surface area (Å²) < 4.78 is 11.1. The average Bonchev–Trinajstić information content (AvgIpc) is 2.92. The third kappa shape index (κ3) is 3.80. The Bertz CT molecular complexity index is 710. The molecule has 3 nitrogen and oxygen atoms in total. The highest BCUT2D eigenvalue weighted by molar-refractivity contribution is 6.28. The standard InChI is InChI=1S/C17H14ClNO2/c18-17-10-9-16(21-17)12-19-13-5-4-8-15(11-13)20-14-6-2-1-3-7-14/h1-11,19H,12H2. The first kappa shape index (κ1) is 13.6. The van der Waals surface area contributed by atoms with Crippen LogP contribution in [0.15, 0.2) is 71.1 Å². The second kappa shape index (κ2) is 6.37. The van der Waals surface area contributed by atoms with Gasteiger partial charge in [-0.15, -0.1) is 0 Å². The van der Waals surface area contributed by atoms with Gasteiger partial charge in [0.25, 0.3) is 0 Å². The van der Waals surface area contributed by atoms with Gasteiger partial charge in [0.15, 0.2) is 5.22 Å². The average molecular weight is 300 g/mol. The van der Waals surface area contributed by atoms with Crippen LogP contribution < -0.4 is 10.1 Å². The minimum Gasteiger partial charge on any atom is -0.457 e. The molecule has 0 aliphatic heterocycles. The maximum atomic E-state index is 5.79. The molecule has 3 rings (SSSR count). The van der Waals surface area contributed by atoms with Crippen LogP contribution >= 0.6 is 11.6 Å². The minimum atomic E-state index is 0.396. The lowest BCUT2D eigenvalue weighted by molar-refractivity contribution is 0.483. The number of hydrogen-bond acceptors (Lipinski definition) is 3. The molecule has 3 aromatic rings. The summed E-state index contributed by atoms with van der Waals surface area (Å²) in [5.74, 6) is 2.38. The van der Waals surface area contributed by atoms with E-state index in [2.05, 4.69) is 5.32 Å². The smallest absolute Gasteiger partial charge is 0.193 e. The molecule has 106 valence electrons. The first-order valence-electron chi connectivity index (χ1n) is 6.61. The molecule has 4 heteroatoms. The van der Waals surface area contributed by atoms with Gasteiger partial charge in [-0.2, -0.15) is 0 Å². The predicted molar refractivity (Wildman–Crippen MR) is 84.0 cm³/mol. The number of furan rings is 1. The van der Waals surface area contributed by atoms with Crippen LogP contribution in [0.4, 0.5) is 5.69 Å². The van der Waals surface area contributed by atoms with Crippen molar-refractivity contribution in [3.63, 3.8) is 0 Å². The van der Waals surface area contributed by atoms with Gasteiger partial charge in [-0.05, 0) is 48.0 Å². The third-order valence-corrected chi connectivity index (χ3v) is 3.11. The fourth-order valence-corrected chi connectivity index (χ4v) is 2.09. The van der Waals surface area contributed by atoms with E-state index in [-0.39, 0.29) is 0 Å². The molecule has 0 atom stereocenters. The van der Waals surface area contributed by atoms with Crippen LogP contribution in [-0.2, 0) is 6.54 Å². The number of nitrogens with one attached hydrogen (secondary N) is 1. The monoisotopic (exact) mass is 299 g/mol. The van der Waals surface area contributed by atoms with Crippen molar-refractivity contribution in [1.29, 1.82) is 0 Å². The van der Waals surface area contributed by atoms with Crippen LogP contribution in [0.25, 0.3) is 0 Å². The summed E-state index contributed by atoms with van der Waals surface area (Å²) in [6.07, 6.45) is 0. The van der Waals surface area contributed by atoms with Crippen molar-refractivity contribution in [2.45, 2.75) is 6.54 Å². The highest BCUT2D eigenvalue weighted by Gasteiger charge is 2.01. The van der Waals surface area contributed by atoms with E-state index in [0.29, 0.717) is 11.8 Å². The minimum absolute atomic E-state index is 0.396. The summed E-state index contributed by atoms with van der Waals surface area (Å²) in [6.45, 7) is 0.571. The van der Waals surface area contributed by atoms with Gasteiger partial charge in [0.05, 0.1) is 6.54 Å². The Morgan fingerprint density at radius 3 is 2.48 bits per heavy atom. The lowest BCUT2D eigenvalue weighted by Gasteiger charge is -2.08. The molecule has 0 saturated carbocycles. The zero-order chi connectivity index (χ0) is 14.5. The van der Waals surface area contributed by atoms with Crippen LogP contribution in [-0.4, -0.2) is 0 Å². The Kier molecular flexibility index (Phi) is 4.12. The van der Waals surface area contributed by atoms with Crippen molar-refractivity contribution in [1.82, 2.24) is 0 Å². The van der Waals surface area contributed by atoms with Gasteiger partial charge >= 0.3 is 0 Å². The fourth-order valence-electron chi connectivity index (χ4n) is 1.93. The van der Waals surface area contributed by atoms with E-state index in [1.165, 1.54) is 0 Å². The van der Waals surface area contributed by atoms with Crippen LogP contribution in [0.3, 0.4) is 0 Å². The lowest BCUT2D eigenvalue weighted by Crippen LogP contribution is -1.98. The number of anilines is 1. The molecule has 0 amide bonds. The van der Waals surface area contributed by atoms with E-state index in [9.17, 15) is 0 Å². The highest BCUT2D eigenvalue weighted by Crippen LogP contribution is 2.24. The summed E-state index contributed by atoms with van der Waals surface area (Å²) >= 11 is 5.74. The van der Waals surface area contributed by atoms with Gasteiger partial charge < -0.3 is 14.5 Å². The Labute approximate surface area is 128 Å². The van der Waals surface area contributed by atoms with Crippen LogP contribution in [0.5, 0.6) is 11.5 Å². The van der Waals surface area contributed by atoms with Crippen LogP contribution in [0.1, 0.15) is 5.76 Å². The first-order valence-corrected chi connectivity index (χ1v) is 6.98. The molecular formula is C17H14ClNO2. The van der Waals surface area contributed by atoms with Gasteiger partial charge in [0, 0.05) is 11.8 Å². The van der Waals surface area contributed by atoms with Gasteiger partial charge in [-0.25, -0.2) is 0 Å². The normalized spacial score (nSPS) is 10.3. The van der Waals surface area contributed by atoms with E-state index in [0.717, 1.165) is 22.9 Å². The number of para-hydroxylation sites is 1. The van der Waals surface area contributed by atoms with E-state index in [4.69, 9.17) is 20.8 Å². The first-order chi connectivity index (χ1) is 10.3. The van der Waals surface area contributed by atoms with E-state index in [1.807, 2.05) is 60.7 Å².